The Bertz CT molecular complexity index is 314. The molecule has 2 nitrogen and oxygen atoms in total. The Labute approximate surface area is 103 Å². The standard InChI is InChI=1S/C11H17ClN2.ClH/c1-3-4-5-8-6-7-9(12)10(13)11(8)14-2;/h6-7,14H,3-5,13H2,1-2H3;1H. The number of rotatable bonds is 4. The zero-order chi connectivity index (χ0) is 10.6. The molecule has 15 heavy (non-hydrogen) atoms. The molecule has 0 saturated carbocycles. The van der Waals surface area contributed by atoms with Crippen LogP contribution in [0.25, 0.3) is 0 Å². The van der Waals surface area contributed by atoms with Crippen molar-refractivity contribution in [3.8, 4) is 0 Å². The predicted octanol–water partition coefficient (Wildman–Crippen LogP) is 3.73. The van der Waals surface area contributed by atoms with Gasteiger partial charge in [0.05, 0.1) is 16.4 Å². The number of hydrogen-bond donors (Lipinski definition) is 2. The van der Waals surface area contributed by atoms with Gasteiger partial charge in [0, 0.05) is 7.05 Å². The molecule has 0 fully saturated rings. The van der Waals surface area contributed by atoms with Crippen LogP contribution < -0.4 is 11.1 Å². The number of unbranched alkanes of at least 4 members (excludes halogenated alkanes) is 1. The maximum atomic E-state index is 5.93. The molecule has 0 bridgehead atoms. The zero-order valence-corrected chi connectivity index (χ0v) is 10.7. The van der Waals surface area contributed by atoms with Gasteiger partial charge in [0.15, 0.2) is 0 Å². The van der Waals surface area contributed by atoms with Gasteiger partial charge in [-0.3, -0.25) is 0 Å². The fraction of sp³-hybridized carbons (Fsp3) is 0.455. The number of anilines is 2. The van der Waals surface area contributed by atoms with Crippen LogP contribution in [0.3, 0.4) is 0 Å². The number of halogens is 2. The average molecular weight is 249 g/mol. The third-order valence-electron chi connectivity index (χ3n) is 2.33. The monoisotopic (exact) mass is 248 g/mol. The Morgan fingerprint density at radius 2 is 2.07 bits per heavy atom. The summed E-state index contributed by atoms with van der Waals surface area (Å²) in [6.07, 6.45) is 3.41. The lowest BCUT2D eigenvalue weighted by atomic mass is 10.1. The van der Waals surface area contributed by atoms with Crippen molar-refractivity contribution < 1.29 is 0 Å². The van der Waals surface area contributed by atoms with Crippen LogP contribution in [0.1, 0.15) is 25.3 Å². The molecular weight excluding hydrogens is 231 g/mol. The number of nitrogens with one attached hydrogen (secondary N) is 1. The second-order valence-electron chi connectivity index (χ2n) is 3.35. The molecule has 1 rings (SSSR count). The van der Waals surface area contributed by atoms with E-state index in [1.54, 1.807) is 0 Å². The van der Waals surface area contributed by atoms with Crippen LogP contribution >= 0.6 is 24.0 Å². The molecule has 1 aromatic rings. The first-order valence-electron chi connectivity index (χ1n) is 4.95. The van der Waals surface area contributed by atoms with E-state index < -0.39 is 0 Å². The van der Waals surface area contributed by atoms with Crippen LogP contribution in [-0.2, 0) is 6.42 Å². The molecule has 0 radical (unpaired) electrons. The Morgan fingerprint density at radius 3 is 2.60 bits per heavy atom. The molecule has 0 aliphatic carbocycles. The summed E-state index contributed by atoms with van der Waals surface area (Å²) in [5, 5.41) is 3.72. The summed E-state index contributed by atoms with van der Waals surface area (Å²) in [7, 11) is 1.87. The van der Waals surface area contributed by atoms with Gasteiger partial charge in [-0.1, -0.05) is 31.0 Å². The Morgan fingerprint density at radius 1 is 1.40 bits per heavy atom. The second kappa shape index (κ2) is 6.81. The molecule has 0 aromatic heterocycles. The van der Waals surface area contributed by atoms with Crippen molar-refractivity contribution in [3.63, 3.8) is 0 Å². The van der Waals surface area contributed by atoms with Crippen molar-refractivity contribution >= 4 is 35.4 Å². The molecule has 0 atom stereocenters. The molecule has 4 heteroatoms. The van der Waals surface area contributed by atoms with Gasteiger partial charge >= 0.3 is 0 Å². The van der Waals surface area contributed by atoms with Gasteiger partial charge in [-0.05, 0) is 24.5 Å². The van der Waals surface area contributed by atoms with E-state index in [2.05, 4.69) is 12.2 Å². The van der Waals surface area contributed by atoms with Crippen LogP contribution in [0.2, 0.25) is 5.02 Å². The number of nitrogen functional groups attached to an aromatic ring is 1. The highest BCUT2D eigenvalue weighted by Gasteiger charge is 2.07. The van der Waals surface area contributed by atoms with Gasteiger partial charge in [-0.2, -0.15) is 0 Å². The van der Waals surface area contributed by atoms with Crippen molar-refractivity contribution in [2.24, 2.45) is 0 Å². The van der Waals surface area contributed by atoms with E-state index in [4.69, 9.17) is 17.3 Å². The summed E-state index contributed by atoms with van der Waals surface area (Å²) in [6.45, 7) is 2.18. The minimum absolute atomic E-state index is 0. The number of benzene rings is 1. The van der Waals surface area contributed by atoms with E-state index in [0.717, 1.165) is 12.1 Å². The summed E-state index contributed by atoms with van der Waals surface area (Å²) >= 11 is 5.93. The largest absolute Gasteiger partial charge is 0.396 e. The van der Waals surface area contributed by atoms with Crippen molar-refractivity contribution in [3.05, 3.63) is 22.7 Å². The van der Waals surface area contributed by atoms with Crippen molar-refractivity contribution in [2.75, 3.05) is 18.1 Å². The third kappa shape index (κ3) is 3.47. The Kier molecular flexibility index (Phi) is 6.53. The fourth-order valence-corrected chi connectivity index (χ4v) is 1.67. The Balaban J connectivity index is 0.00000196. The molecule has 0 saturated heterocycles. The van der Waals surface area contributed by atoms with Crippen LogP contribution in [-0.4, -0.2) is 7.05 Å². The molecule has 0 aliphatic rings. The Hall–Kier alpha value is -0.600. The van der Waals surface area contributed by atoms with Crippen molar-refractivity contribution in [1.82, 2.24) is 0 Å². The van der Waals surface area contributed by atoms with Crippen LogP contribution in [0.15, 0.2) is 12.1 Å². The lowest BCUT2D eigenvalue weighted by Gasteiger charge is -2.12. The maximum absolute atomic E-state index is 5.93. The van der Waals surface area contributed by atoms with Crippen molar-refractivity contribution in [2.45, 2.75) is 26.2 Å². The minimum Gasteiger partial charge on any atom is -0.396 e. The summed E-state index contributed by atoms with van der Waals surface area (Å²) in [4.78, 5) is 0. The van der Waals surface area contributed by atoms with Gasteiger partial charge in [0.25, 0.3) is 0 Å². The molecule has 0 aliphatic heterocycles. The topological polar surface area (TPSA) is 38.0 Å². The molecule has 0 unspecified atom stereocenters. The maximum Gasteiger partial charge on any atom is 0.0741 e. The SMILES string of the molecule is CCCCc1ccc(Cl)c(N)c1NC.Cl. The third-order valence-corrected chi connectivity index (χ3v) is 2.66. The van der Waals surface area contributed by atoms with Crippen LogP contribution in [0.5, 0.6) is 0 Å². The highest BCUT2D eigenvalue weighted by atomic mass is 35.5. The first-order chi connectivity index (χ1) is 6.70. The number of hydrogen-bond acceptors (Lipinski definition) is 2. The number of nitrogens with two attached hydrogens (primary N) is 1. The molecule has 0 amide bonds. The number of aryl methyl sites for hydroxylation is 1. The first kappa shape index (κ1) is 14.4. The predicted molar refractivity (Wildman–Crippen MR) is 71.3 cm³/mol. The molecule has 0 heterocycles. The van der Waals surface area contributed by atoms with Gasteiger partial charge in [-0.25, -0.2) is 0 Å². The van der Waals surface area contributed by atoms with E-state index in [-0.39, 0.29) is 12.4 Å². The normalized spacial score (nSPS) is 9.53. The quantitative estimate of drug-likeness (QED) is 0.798. The molecular formula is C11H18Cl2N2. The van der Waals surface area contributed by atoms with Gasteiger partial charge in [-0.15, -0.1) is 12.4 Å². The van der Waals surface area contributed by atoms with Gasteiger partial charge in [0.1, 0.15) is 0 Å². The van der Waals surface area contributed by atoms with E-state index >= 15 is 0 Å². The highest BCUT2D eigenvalue weighted by molar-refractivity contribution is 6.33. The highest BCUT2D eigenvalue weighted by Crippen LogP contribution is 2.31. The summed E-state index contributed by atoms with van der Waals surface area (Å²) in [5.41, 5.74) is 8.75. The first-order valence-corrected chi connectivity index (χ1v) is 5.33. The molecule has 0 spiro atoms. The smallest absolute Gasteiger partial charge is 0.0741 e. The van der Waals surface area contributed by atoms with E-state index in [1.807, 2.05) is 19.2 Å². The fourth-order valence-electron chi connectivity index (χ4n) is 1.51. The summed E-state index contributed by atoms with van der Waals surface area (Å²) in [6, 6.07) is 3.91. The zero-order valence-electron chi connectivity index (χ0n) is 9.14. The molecule has 86 valence electrons. The van der Waals surface area contributed by atoms with Gasteiger partial charge < -0.3 is 11.1 Å². The minimum atomic E-state index is 0. The average Bonchev–Trinajstić information content (AvgIpc) is 2.20. The van der Waals surface area contributed by atoms with Crippen LogP contribution in [0.4, 0.5) is 11.4 Å². The summed E-state index contributed by atoms with van der Waals surface area (Å²) < 4.78 is 0. The van der Waals surface area contributed by atoms with E-state index in [9.17, 15) is 0 Å². The van der Waals surface area contributed by atoms with Crippen molar-refractivity contribution in [1.29, 1.82) is 0 Å². The van der Waals surface area contributed by atoms with Gasteiger partial charge in [0.2, 0.25) is 0 Å². The summed E-state index contributed by atoms with van der Waals surface area (Å²) in [5.74, 6) is 0. The lowest BCUT2D eigenvalue weighted by Crippen LogP contribution is -2.01. The van der Waals surface area contributed by atoms with Crippen LogP contribution in [0, 0.1) is 0 Å². The lowest BCUT2D eigenvalue weighted by molar-refractivity contribution is 0.796. The second-order valence-corrected chi connectivity index (χ2v) is 3.76. The van der Waals surface area contributed by atoms with E-state index in [1.165, 1.54) is 18.4 Å². The molecule has 3 N–H and O–H groups in total. The van der Waals surface area contributed by atoms with E-state index in [0.29, 0.717) is 10.7 Å². The molecule has 1 aromatic carbocycles.